The largest absolute Gasteiger partial charge is 0.481 e. The second-order valence-electron chi connectivity index (χ2n) is 5.50. The van der Waals surface area contributed by atoms with Crippen LogP contribution in [0.2, 0.25) is 0 Å². The maximum atomic E-state index is 12.4. The molecule has 1 rings (SSSR count). The number of carboxylic acid groups (broad SMARTS) is 1. The third kappa shape index (κ3) is 4.92. The Morgan fingerprint density at radius 1 is 1.33 bits per heavy atom. The highest BCUT2D eigenvalue weighted by Gasteiger charge is 2.22. The van der Waals surface area contributed by atoms with Crippen LogP contribution < -0.4 is 4.90 Å². The van der Waals surface area contributed by atoms with E-state index in [0.29, 0.717) is 17.7 Å². The molecule has 0 aliphatic rings. The lowest BCUT2D eigenvalue weighted by molar-refractivity contribution is -0.140. The molecule has 0 saturated heterocycles. The van der Waals surface area contributed by atoms with Crippen molar-refractivity contribution in [1.82, 2.24) is 0 Å². The van der Waals surface area contributed by atoms with Crippen LogP contribution in [0.15, 0.2) is 24.3 Å². The van der Waals surface area contributed by atoms with Gasteiger partial charge in [-0.1, -0.05) is 26.8 Å². The van der Waals surface area contributed by atoms with Gasteiger partial charge in [-0.25, -0.2) is 0 Å². The molecule has 0 spiro atoms. The molecule has 112 valence electrons. The van der Waals surface area contributed by atoms with E-state index in [1.807, 2.05) is 19.9 Å². The predicted octanol–water partition coefficient (Wildman–Crippen LogP) is 2.66. The van der Waals surface area contributed by atoms with E-state index in [1.165, 1.54) is 4.90 Å². The Hall–Kier alpha value is -2.35. The molecule has 0 heterocycles. The first-order valence-corrected chi connectivity index (χ1v) is 6.88. The average Bonchev–Trinajstić information content (AvgIpc) is 2.43. The Labute approximate surface area is 124 Å². The molecule has 0 aliphatic heterocycles. The van der Waals surface area contributed by atoms with Crippen LogP contribution in [0.25, 0.3) is 0 Å². The monoisotopic (exact) mass is 288 g/mol. The summed E-state index contributed by atoms with van der Waals surface area (Å²) < 4.78 is 0. The third-order valence-electron chi connectivity index (χ3n) is 3.05. The molecule has 1 unspecified atom stereocenters. The van der Waals surface area contributed by atoms with E-state index in [9.17, 15) is 9.59 Å². The van der Waals surface area contributed by atoms with Crippen molar-refractivity contribution in [1.29, 1.82) is 5.26 Å². The molecule has 5 heteroatoms. The van der Waals surface area contributed by atoms with Crippen molar-refractivity contribution in [2.45, 2.75) is 27.2 Å². The van der Waals surface area contributed by atoms with Crippen molar-refractivity contribution in [3.63, 3.8) is 0 Å². The third-order valence-corrected chi connectivity index (χ3v) is 3.05. The van der Waals surface area contributed by atoms with Gasteiger partial charge >= 0.3 is 5.97 Å². The van der Waals surface area contributed by atoms with Gasteiger partial charge in [0, 0.05) is 18.7 Å². The molecule has 5 nitrogen and oxygen atoms in total. The number of hydrogen-bond donors (Lipinski definition) is 1. The minimum atomic E-state index is -0.950. The standard InChI is InChI=1S/C16H20N2O3/c1-11(2)7-15(19)18(10-12(3)16(20)21)14-6-4-5-13(8-14)9-17/h4-6,8,11-12H,7,10H2,1-3H3,(H,20,21). The van der Waals surface area contributed by atoms with Gasteiger partial charge in [-0.3, -0.25) is 9.59 Å². The number of aliphatic carboxylic acids is 1. The summed E-state index contributed by atoms with van der Waals surface area (Å²) in [6.07, 6.45) is 0.336. The molecule has 0 radical (unpaired) electrons. The maximum absolute atomic E-state index is 12.4. The van der Waals surface area contributed by atoms with Gasteiger partial charge < -0.3 is 10.0 Å². The normalized spacial score (nSPS) is 11.8. The van der Waals surface area contributed by atoms with Gasteiger partial charge in [-0.15, -0.1) is 0 Å². The second kappa shape index (κ2) is 7.44. The van der Waals surface area contributed by atoms with Crippen LogP contribution in [0.4, 0.5) is 5.69 Å². The fourth-order valence-corrected chi connectivity index (χ4v) is 1.91. The van der Waals surface area contributed by atoms with Crippen LogP contribution in [0.5, 0.6) is 0 Å². The molecule has 1 amide bonds. The number of carboxylic acids is 1. The minimum Gasteiger partial charge on any atom is -0.481 e. The first-order chi connectivity index (χ1) is 9.85. The van der Waals surface area contributed by atoms with Gasteiger partial charge in [-0.05, 0) is 24.1 Å². The van der Waals surface area contributed by atoms with E-state index in [2.05, 4.69) is 0 Å². The van der Waals surface area contributed by atoms with Crippen LogP contribution in [-0.4, -0.2) is 23.5 Å². The first kappa shape index (κ1) is 16.7. The van der Waals surface area contributed by atoms with E-state index in [0.717, 1.165) is 0 Å². The zero-order valence-corrected chi connectivity index (χ0v) is 12.5. The molecular weight excluding hydrogens is 268 g/mol. The zero-order valence-electron chi connectivity index (χ0n) is 12.5. The summed E-state index contributed by atoms with van der Waals surface area (Å²) >= 11 is 0. The topological polar surface area (TPSA) is 81.4 Å². The maximum Gasteiger partial charge on any atom is 0.308 e. The number of nitriles is 1. The quantitative estimate of drug-likeness (QED) is 0.872. The van der Waals surface area contributed by atoms with Gasteiger partial charge in [0.15, 0.2) is 0 Å². The van der Waals surface area contributed by atoms with E-state index in [-0.39, 0.29) is 18.4 Å². The Bertz CT molecular complexity index is 561. The summed E-state index contributed by atoms with van der Waals surface area (Å²) in [5.74, 6) is -1.58. The highest BCUT2D eigenvalue weighted by atomic mass is 16.4. The highest BCUT2D eigenvalue weighted by Crippen LogP contribution is 2.20. The van der Waals surface area contributed by atoms with Crippen LogP contribution >= 0.6 is 0 Å². The van der Waals surface area contributed by atoms with Gasteiger partial charge in [-0.2, -0.15) is 5.26 Å². The van der Waals surface area contributed by atoms with Crippen molar-refractivity contribution < 1.29 is 14.7 Å². The van der Waals surface area contributed by atoms with E-state index < -0.39 is 11.9 Å². The molecule has 1 aromatic rings. The Kier molecular flexibility index (Phi) is 5.92. The van der Waals surface area contributed by atoms with Crippen LogP contribution in [-0.2, 0) is 9.59 Å². The smallest absolute Gasteiger partial charge is 0.308 e. The number of hydrogen-bond acceptors (Lipinski definition) is 3. The zero-order chi connectivity index (χ0) is 16.0. The number of carbonyl (C=O) groups excluding carboxylic acids is 1. The van der Waals surface area contributed by atoms with Gasteiger partial charge in [0.05, 0.1) is 17.6 Å². The molecule has 0 aliphatic carbocycles. The summed E-state index contributed by atoms with van der Waals surface area (Å²) in [4.78, 5) is 24.9. The SMILES string of the molecule is CC(C)CC(=O)N(CC(C)C(=O)O)c1cccc(C#N)c1. The number of rotatable bonds is 6. The van der Waals surface area contributed by atoms with Crippen molar-refractivity contribution in [3.05, 3.63) is 29.8 Å². The molecule has 0 bridgehead atoms. The summed E-state index contributed by atoms with van der Waals surface area (Å²) in [6.45, 7) is 5.52. The number of nitrogens with zero attached hydrogens (tertiary/aromatic N) is 2. The fraction of sp³-hybridized carbons (Fsp3) is 0.438. The second-order valence-corrected chi connectivity index (χ2v) is 5.50. The van der Waals surface area contributed by atoms with E-state index in [4.69, 9.17) is 10.4 Å². The van der Waals surface area contributed by atoms with Gasteiger partial charge in [0.1, 0.15) is 0 Å². The van der Waals surface area contributed by atoms with Crippen molar-refractivity contribution in [3.8, 4) is 6.07 Å². The average molecular weight is 288 g/mol. The van der Waals surface area contributed by atoms with Gasteiger partial charge in [0.2, 0.25) is 5.91 Å². The lowest BCUT2D eigenvalue weighted by atomic mass is 10.1. The fourth-order valence-electron chi connectivity index (χ4n) is 1.91. The number of anilines is 1. The number of carbonyl (C=O) groups is 2. The Morgan fingerprint density at radius 3 is 2.52 bits per heavy atom. The first-order valence-electron chi connectivity index (χ1n) is 6.88. The lowest BCUT2D eigenvalue weighted by Gasteiger charge is -2.25. The van der Waals surface area contributed by atoms with Gasteiger partial charge in [0.25, 0.3) is 0 Å². The van der Waals surface area contributed by atoms with E-state index in [1.54, 1.807) is 31.2 Å². The Balaban J connectivity index is 3.08. The van der Waals surface area contributed by atoms with Crippen LogP contribution in [0.1, 0.15) is 32.8 Å². The summed E-state index contributed by atoms with van der Waals surface area (Å²) in [7, 11) is 0. The predicted molar refractivity (Wildman–Crippen MR) is 79.8 cm³/mol. The molecule has 1 atom stereocenters. The van der Waals surface area contributed by atoms with Crippen LogP contribution in [0, 0.1) is 23.2 Å². The summed E-state index contributed by atoms with van der Waals surface area (Å²) in [5.41, 5.74) is 1.01. The van der Waals surface area contributed by atoms with Crippen LogP contribution in [0.3, 0.4) is 0 Å². The molecule has 21 heavy (non-hydrogen) atoms. The van der Waals surface area contributed by atoms with Crippen molar-refractivity contribution in [2.24, 2.45) is 11.8 Å². The van der Waals surface area contributed by atoms with E-state index >= 15 is 0 Å². The molecule has 0 fully saturated rings. The molecule has 0 aromatic heterocycles. The highest BCUT2D eigenvalue weighted by molar-refractivity contribution is 5.94. The molecular formula is C16H20N2O3. The summed E-state index contributed by atoms with van der Waals surface area (Å²) in [6, 6.07) is 8.68. The number of amides is 1. The van der Waals surface area contributed by atoms with Crippen molar-refractivity contribution >= 4 is 17.6 Å². The number of benzene rings is 1. The molecule has 0 saturated carbocycles. The minimum absolute atomic E-state index is 0.0930. The molecule has 1 aromatic carbocycles. The lowest BCUT2D eigenvalue weighted by Crippen LogP contribution is -2.37. The molecule has 1 N–H and O–H groups in total. The summed E-state index contributed by atoms with van der Waals surface area (Å²) in [5, 5.41) is 18.0. The Morgan fingerprint density at radius 2 is 2.00 bits per heavy atom. The van der Waals surface area contributed by atoms with Crippen molar-refractivity contribution in [2.75, 3.05) is 11.4 Å².